The lowest BCUT2D eigenvalue weighted by Gasteiger charge is -2.19. The van der Waals surface area contributed by atoms with Gasteiger partial charge in [-0.25, -0.2) is 4.39 Å². The van der Waals surface area contributed by atoms with Gasteiger partial charge in [-0.15, -0.1) is 0 Å². The van der Waals surface area contributed by atoms with E-state index in [0.29, 0.717) is 12.5 Å². The molecule has 2 unspecified atom stereocenters. The van der Waals surface area contributed by atoms with Gasteiger partial charge in [0.2, 0.25) is 0 Å². The van der Waals surface area contributed by atoms with E-state index in [0.717, 1.165) is 24.8 Å². The van der Waals surface area contributed by atoms with Gasteiger partial charge in [-0.2, -0.15) is 0 Å². The zero-order valence-electron chi connectivity index (χ0n) is 10.2. The summed E-state index contributed by atoms with van der Waals surface area (Å²) < 4.78 is 13.1. The fourth-order valence-electron chi connectivity index (χ4n) is 2.13. The predicted octanol–water partition coefficient (Wildman–Crippen LogP) is 2.64. The Kier molecular flexibility index (Phi) is 4.13. The molecule has 1 aromatic carbocycles. The Bertz CT molecular complexity index is 365. The van der Waals surface area contributed by atoms with Gasteiger partial charge in [0.25, 0.3) is 0 Å². The van der Waals surface area contributed by atoms with E-state index in [1.54, 1.807) is 12.1 Å². The van der Waals surface area contributed by atoms with Crippen LogP contribution in [-0.4, -0.2) is 17.8 Å². The average Bonchev–Trinajstić information content (AvgIpc) is 3.13. The van der Waals surface area contributed by atoms with Crippen LogP contribution in [0.4, 0.5) is 4.39 Å². The number of rotatable bonds is 6. The first-order valence-corrected chi connectivity index (χ1v) is 6.37. The Morgan fingerprint density at radius 2 is 2.24 bits per heavy atom. The van der Waals surface area contributed by atoms with E-state index in [9.17, 15) is 9.50 Å². The first kappa shape index (κ1) is 12.5. The van der Waals surface area contributed by atoms with Crippen molar-refractivity contribution < 1.29 is 9.50 Å². The Morgan fingerprint density at radius 3 is 2.82 bits per heavy atom. The van der Waals surface area contributed by atoms with Crippen LogP contribution in [0, 0.1) is 11.7 Å². The molecule has 0 radical (unpaired) electrons. The van der Waals surface area contributed by atoms with Gasteiger partial charge in [-0.3, -0.25) is 0 Å². The molecular formula is C14H20FNO. The van der Waals surface area contributed by atoms with Crippen LogP contribution in [0.15, 0.2) is 24.3 Å². The molecule has 1 aromatic rings. The van der Waals surface area contributed by atoms with Gasteiger partial charge in [0.05, 0.1) is 6.10 Å². The van der Waals surface area contributed by atoms with Crippen LogP contribution in [0.25, 0.3) is 0 Å². The van der Waals surface area contributed by atoms with Gasteiger partial charge in [0, 0.05) is 12.6 Å². The van der Waals surface area contributed by atoms with Crippen LogP contribution < -0.4 is 5.32 Å². The second-order valence-electron chi connectivity index (χ2n) is 4.83. The standard InChI is InChI=1S/C14H20FNO/c1-2-13(11-4-3-5-12(15)8-11)16-9-14(17)10-6-7-10/h3-5,8,10,13-14,16-17H,2,6-7,9H2,1H3. The Morgan fingerprint density at radius 1 is 1.47 bits per heavy atom. The fraction of sp³-hybridized carbons (Fsp3) is 0.571. The number of benzene rings is 1. The van der Waals surface area contributed by atoms with Crippen LogP contribution in [-0.2, 0) is 0 Å². The van der Waals surface area contributed by atoms with Crippen molar-refractivity contribution in [3.05, 3.63) is 35.6 Å². The molecule has 0 bridgehead atoms. The summed E-state index contributed by atoms with van der Waals surface area (Å²) in [4.78, 5) is 0. The van der Waals surface area contributed by atoms with Crippen LogP contribution in [0.2, 0.25) is 0 Å². The number of nitrogens with one attached hydrogen (secondary N) is 1. The van der Waals surface area contributed by atoms with Crippen LogP contribution in [0.5, 0.6) is 0 Å². The van der Waals surface area contributed by atoms with Crippen molar-refractivity contribution >= 4 is 0 Å². The minimum absolute atomic E-state index is 0.124. The number of aliphatic hydroxyl groups is 1. The summed E-state index contributed by atoms with van der Waals surface area (Å²) in [6.45, 7) is 2.66. The summed E-state index contributed by atoms with van der Waals surface area (Å²) in [6.07, 6.45) is 2.91. The van der Waals surface area contributed by atoms with E-state index >= 15 is 0 Å². The van der Waals surface area contributed by atoms with E-state index in [4.69, 9.17) is 0 Å². The maximum absolute atomic E-state index is 13.1. The maximum atomic E-state index is 13.1. The summed E-state index contributed by atoms with van der Waals surface area (Å²) in [5.41, 5.74) is 0.954. The van der Waals surface area contributed by atoms with E-state index in [-0.39, 0.29) is 18.0 Å². The van der Waals surface area contributed by atoms with Crippen molar-refractivity contribution in [1.82, 2.24) is 5.32 Å². The molecule has 94 valence electrons. The zero-order valence-corrected chi connectivity index (χ0v) is 10.2. The Labute approximate surface area is 102 Å². The topological polar surface area (TPSA) is 32.3 Å². The Hall–Kier alpha value is -0.930. The lowest BCUT2D eigenvalue weighted by atomic mass is 10.0. The molecule has 2 N–H and O–H groups in total. The zero-order chi connectivity index (χ0) is 12.3. The second kappa shape index (κ2) is 5.61. The summed E-state index contributed by atoms with van der Waals surface area (Å²) >= 11 is 0. The van der Waals surface area contributed by atoms with Gasteiger partial charge < -0.3 is 10.4 Å². The van der Waals surface area contributed by atoms with E-state index in [1.807, 2.05) is 6.07 Å². The highest BCUT2D eigenvalue weighted by atomic mass is 19.1. The van der Waals surface area contributed by atoms with Crippen LogP contribution >= 0.6 is 0 Å². The SMILES string of the molecule is CCC(NCC(O)C1CC1)c1cccc(F)c1. The molecule has 3 heteroatoms. The molecular weight excluding hydrogens is 217 g/mol. The molecule has 2 rings (SSSR count). The van der Waals surface area contributed by atoms with Gasteiger partial charge in [0.15, 0.2) is 0 Å². The lowest BCUT2D eigenvalue weighted by Crippen LogP contribution is -2.31. The normalized spacial score (nSPS) is 19.0. The van der Waals surface area contributed by atoms with Crippen molar-refractivity contribution in [2.45, 2.75) is 38.3 Å². The molecule has 0 saturated heterocycles. The monoisotopic (exact) mass is 237 g/mol. The third kappa shape index (κ3) is 3.51. The summed E-state index contributed by atoms with van der Waals surface area (Å²) in [5, 5.41) is 13.1. The summed E-state index contributed by atoms with van der Waals surface area (Å²) in [6, 6.07) is 6.79. The third-order valence-corrected chi connectivity index (χ3v) is 3.40. The molecule has 0 spiro atoms. The number of aliphatic hydroxyl groups excluding tert-OH is 1. The van der Waals surface area contributed by atoms with Crippen LogP contribution in [0.3, 0.4) is 0 Å². The Balaban J connectivity index is 1.91. The summed E-state index contributed by atoms with van der Waals surface area (Å²) in [7, 11) is 0. The summed E-state index contributed by atoms with van der Waals surface area (Å²) in [5.74, 6) is 0.276. The van der Waals surface area contributed by atoms with Crippen LogP contribution in [0.1, 0.15) is 37.8 Å². The fourth-order valence-corrected chi connectivity index (χ4v) is 2.13. The lowest BCUT2D eigenvalue weighted by molar-refractivity contribution is 0.144. The minimum atomic E-state index is -0.252. The molecule has 1 saturated carbocycles. The highest BCUT2D eigenvalue weighted by Crippen LogP contribution is 2.32. The quantitative estimate of drug-likeness (QED) is 0.797. The van der Waals surface area contributed by atoms with Crippen molar-refractivity contribution in [3.63, 3.8) is 0 Å². The minimum Gasteiger partial charge on any atom is -0.392 e. The number of hydrogen-bond donors (Lipinski definition) is 2. The molecule has 1 fully saturated rings. The average molecular weight is 237 g/mol. The number of hydrogen-bond acceptors (Lipinski definition) is 2. The molecule has 0 aliphatic heterocycles. The van der Waals surface area contributed by atoms with Crippen molar-refractivity contribution in [1.29, 1.82) is 0 Å². The van der Waals surface area contributed by atoms with Crippen molar-refractivity contribution in [3.8, 4) is 0 Å². The first-order chi connectivity index (χ1) is 8.20. The molecule has 0 heterocycles. The van der Waals surface area contributed by atoms with Crippen molar-refractivity contribution in [2.75, 3.05) is 6.54 Å². The molecule has 1 aliphatic rings. The smallest absolute Gasteiger partial charge is 0.123 e. The highest BCUT2D eigenvalue weighted by Gasteiger charge is 2.29. The van der Waals surface area contributed by atoms with Gasteiger partial charge >= 0.3 is 0 Å². The van der Waals surface area contributed by atoms with Gasteiger partial charge in [-0.05, 0) is 42.9 Å². The molecule has 1 aliphatic carbocycles. The van der Waals surface area contributed by atoms with E-state index in [2.05, 4.69) is 12.2 Å². The predicted molar refractivity (Wildman–Crippen MR) is 66.2 cm³/mol. The number of halogens is 1. The maximum Gasteiger partial charge on any atom is 0.123 e. The first-order valence-electron chi connectivity index (χ1n) is 6.37. The second-order valence-corrected chi connectivity index (χ2v) is 4.83. The molecule has 2 nitrogen and oxygen atoms in total. The molecule has 0 amide bonds. The highest BCUT2D eigenvalue weighted by molar-refractivity contribution is 5.20. The molecule has 2 atom stereocenters. The largest absolute Gasteiger partial charge is 0.392 e. The third-order valence-electron chi connectivity index (χ3n) is 3.40. The van der Waals surface area contributed by atoms with Gasteiger partial charge in [-0.1, -0.05) is 19.1 Å². The van der Waals surface area contributed by atoms with E-state index < -0.39 is 0 Å². The molecule has 0 aromatic heterocycles. The van der Waals surface area contributed by atoms with Crippen molar-refractivity contribution in [2.24, 2.45) is 5.92 Å². The van der Waals surface area contributed by atoms with Gasteiger partial charge in [0.1, 0.15) is 5.82 Å². The molecule has 17 heavy (non-hydrogen) atoms. The van der Waals surface area contributed by atoms with E-state index in [1.165, 1.54) is 6.07 Å².